The van der Waals surface area contributed by atoms with Gasteiger partial charge in [0.25, 0.3) is 10.0 Å². The third-order valence-corrected chi connectivity index (χ3v) is 9.48. The van der Waals surface area contributed by atoms with Crippen LogP contribution in [0.25, 0.3) is 0 Å². The summed E-state index contributed by atoms with van der Waals surface area (Å²) in [4.78, 5) is 28.2. The highest BCUT2D eigenvalue weighted by atomic mass is 32.2. The number of ether oxygens (including phenoxy) is 3. The molecular weight excluding hydrogens is 591 g/mol. The van der Waals surface area contributed by atoms with Gasteiger partial charge in [-0.15, -0.1) is 0 Å². The first-order chi connectivity index (χ1) is 19.0. The van der Waals surface area contributed by atoms with Crippen LogP contribution in [0.2, 0.25) is 0 Å². The molecule has 41 heavy (non-hydrogen) atoms. The summed E-state index contributed by atoms with van der Waals surface area (Å²) in [6.07, 6.45) is -5.33. The minimum Gasteiger partial charge on any atom is -0.486 e. The number of carbonyl (C=O) groups excluding carboxylic acids is 1. The van der Waals surface area contributed by atoms with E-state index >= 15 is 0 Å². The summed E-state index contributed by atoms with van der Waals surface area (Å²) >= 11 is 1.15. The van der Waals surface area contributed by atoms with E-state index in [1.165, 1.54) is 25.1 Å². The molecule has 226 valence electrons. The van der Waals surface area contributed by atoms with E-state index in [0.717, 1.165) is 28.5 Å². The number of alkyl halides is 3. The maximum atomic E-state index is 14.1. The van der Waals surface area contributed by atoms with Crippen LogP contribution in [0.15, 0.2) is 23.2 Å². The number of hydrogen-bond donors (Lipinski definition) is 2. The van der Waals surface area contributed by atoms with Crippen LogP contribution < -0.4 is 19.1 Å². The normalized spacial score (nSPS) is 18.2. The zero-order chi connectivity index (χ0) is 30.3. The SMILES string of the molecule is CCOc1sc(C2CC2)nc1S(=O)(=O)N1C[C@H](C[C@@H](C)C(=O)O)Oc2ccc(NC(=O)OC(C)(C)C(F)(F)F)cc21. The first kappa shape index (κ1) is 30.7. The molecule has 0 spiro atoms. The summed E-state index contributed by atoms with van der Waals surface area (Å²) < 4.78 is 84.8. The van der Waals surface area contributed by atoms with E-state index in [-0.39, 0.29) is 52.7 Å². The number of benzene rings is 1. The average Bonchev–Trinajstić information content (AvgIpc) is 3.62. The lowest BCUT2D eigenvalue weighted by molar-refractivity contribution is -0.242. The largest absolute Gasteiger partial charge is 0.486 e. The van der Waals surface area contributed by atoms with Crippen molar-refractivity contribution >= 4 is 44.8 Å². The fraction of sp³-hybridized carbons (Fsp3) is 0.560. The maximum Gasteiger partial charge on any atom is 0.427 e. The number of rotatable bonds is 10. The lowest BCUT2D eigenvalue weighted by Gasteiger charge is -2.36. The molecule has 16 heteroatoms. The second-order valence-corrected chi connectivity index (χ2v) is 13.1. The van der Waals surface area contributed by atoms with Gasteiger partial charge in [0.15, 0.2) is 0 Å². The minimum absolute atomic E-state index is 0.0116. The number of amides is 1. The smallest absolute Gasteiger partial charge is 0.427 e. The molecule has 1 aliphatic carbocycles. The fourth-order valence-corrected chi connectivity index (χ4v) is 6.96. The van der Waals surface area contributed by atoms with Crippen molar-refractivity contribution in [2.75, 3.05) is 22.8 Å². The van der Waals surface area contributed by atoms with Crippen LogP contribution in [0.5, 0.6) is 10.8 Å². The van der Waals surface area contributed by atoms with Gasteiger partial charge in [-0.3, -0.25) is 14.4 Å². The average molecular weight is 622 g/mol. The van der Waals surface area contributed by atoms with Gasteiger partial charge in [0.2, 0.25) is 15.7 Å². The van der Waals surface area contributed by atoms with Crippen molar-refractivity contribution in [2.45, 2.75) is 75.8 Å². The van der Waals surface area contributed by atoms with Crippen LogP contribution in [0, 0.1) is 5.92 Å². The molecule has 2 aromatic rings. The van der Waals surface area contributed by atoms with Gasteiger partial charge in [-0.1, -0.05) is 18.3 Å². The number of nitrogens with one attached hydrogen (secondary N) is 1. The van der Waals surface area contributed by atoms with Crippen molar-refractivity contribution < 1.29 is 50.5 Å². The second kappa shape index (κ2) is 11.2. The number of carboxylic acids is 1. The van der Waals surface area contributed by atoms with E-state index < -0.39 is 45.9 Å². The number of sulfonamides is 1. The number of thiazole rings is 1. The molecule has 1 fully saturated rings. The van der Waals surface area contributed by atoms with Crippen LogP contribution in [0.1, 0.15) is 57.9 Å². The quantitative estimate of drug-likeness (QED) is 0.357. The molecule has 2 aliphatic rings. The second-order valence-electron chi connectivity index (χ2n) is 10.3. The summed E-state index contributed by atoms with van der Waals surface area (Å²) in [5.74, 6) is -1.72. The molecule has 0 saturated heterocycles. The van der Waals surface area contributed by atoms with E-state index in [2.05, 4.69) is 15.0 Å². The molecule has 0 radical (unpaired) electrons. The van der Waals surface area contributed by atoms with Gasteiger partial charge in [0, 0.05) is 11.6 Å². The summed E-state index contributed by atoms with van der Waals surface area (Å²) in [5, 5.41) is 12.0. The van der Waals surface area contributed by atoms with Crippen molar-refractivity contribution in [3.8, 4) is 10.8 Å². The molecule has 1 aromatic heterocycles. The van der Waals surface area contributed by atoms with Gasteiger partial charge in [-0.05, 0) is 58.2 Å². The fourth-order valence-electron chi connectivity index (χ4n) is 3.97. The number of carbonyl (C=O) groups is 2. The maximum absolute atomic E-state index is 14.1. The molecule has 2 N–H and O–H groups in total. The predicted octanol–water partition coefficient (Wildman–Crippen LogP) is 5.38. The third-order valence-electron chi connectivity index (χ3n) is 6.53. The minimum atomic E-state index is -4.83. The summed E-state index contributed by atoms with van der Waals surface area (Å²) in [5.41, 5.74) is -2.87. The lowest BCUT2D eigenvalue weighted by atomic mass is 10.0. The van der Waals surface area contributed by atoms with Crippen LogP contribution in [-0.2, 0) is 19.6 Å². The van der Waals surface area contributed by atoms with Crippen LogP contribution >= 0.6 is 11.3 Å². The Morgan fingerprint density at radius 2 is 1.98 bits per heavy atom. The number of aliphatic carboxylic acids is 1. The Morgan fingerprint density at radius 3 is 2.56 bits per heavy atom. The Morgan fingerprint density at radius 1 is 1.29 bits per heavy atom. The first-order valence-electron chi connectivity index (χ1n) is 12.8. The van der Waals surface area contributed by atoms with Gasteiger partial charge in [-0.2, -0.15) is 21.6 Å². The molecular formula is C25H30F3N3O8S2. The van der Waals surface area contributed by atoms with E-state index in [9.17, 15) is 36.3 Å². The van der Waals surface area contributed by atoms with Crippen LogP contribution in [0.3, 0.4) is 0 Å². The Hall–Kier alpha value is -3.27. The molecule has 1 aliphatic heterocycles. The van der Waals surface area contributed by atoms with Crippen molar-refractivity contribution in [2.24, 2.45) is 5.92 Å². The van der Waals surface area contributed by atoms with Gasteiger partial charge in [0.1, 0.15) is 16.9 Å². The number of aromatic nitrogens is 1. The Labute approximate surface area is 238 Å². The van der Waals surface area contributed by atoms with E-state index in [1.807, 2.05) is 0 Å². The zero-order valence-corrected chi connectivity index (χ0v) is 24.3. The van der Waals surface area contributed by atoms with Gasteiger partial charge < -0.3 is 19.3 Å². The van der Waals surface area contributed by atoms with Gasteiger partial charge >= 0.3 is 18.2 Å². The van der Waals surface area contributed by atoms with Gasteiger partial charge in [0.05, 0.1) is 24.8 Å². The van der Waals surface area contributed by atoms with Crippen LogP contribution in [-0.4, -0.2) is 61.6 Å². The molecule has 4 rings (SSSR count). The lowest BCUT2D eigenvalue weighted by Crippen LogP contribution is -2.45. The molecule has 0 unspecified atom stereocenters. The highest BCUT2D eigenvalue weighted by molar-refractivity contribution is 7.93. The molecule has 1 aromatic carbocycles. The third kappa shape index (κ3) is 6.63. The summed E-state index contributed by atoms with van der Waals surface area (Å²) in [6, 6.07) is 3.86. The van der Waals surface area contributed by atoms with E-state index in [1.54, 1.807) is 6.92 Å². The highest BCUT2D eigenvalue weighted by Gasteiger charge is 2.51. The van der Waals surface area contributed by atoms with Crippen molar-refractivity contribution in [3.05, 3.63) is 23.2 Å². The molecule has 2 atom stereocenters. The van der Waals surface area contributed by atoms with E-state index in [4.69, 9.17) is 9.47 Å². The monoisotopic (exact) mass is 621 g/mol. The van der Waals surface area contributed by atoms with Gasteiger partial charge in [-0.25, -0.2) is 9.78 Å². The Bertz CT molecular complexity index is 1420. The molecule has 0 bridgehead atoms. The standard InChI is InChI=1S/C25H30F3N3O8S2/c1-5-37-22-20(30-19(40-22)14-6-7-14)41(35,36)31-12-16(10-13(2)21(32)33)38-18-9-8-15(11-17(18)31)29-23(34)39-24(3,4)25(26,27)28/h8-9,11,13-14,16H,5-7,10,12H2,1-4H3,(H,29,34)(H,32,33)/t13-,16+/m1/s1. The number of nitrogens with zero attached hydrogens (tertiary/aromatic N) is 2. The Kier molecular flexibility index (Phi) is 8.38. The molecule has 1 saturated carbocycles. The number of carboxylic acid groups (broad SMARTS) is 1. The van der Waals surface area contributed by atoms with Crippen molar-refractivity contribution in [3.63, 3.8) is 0 Å². The molecule has 2 heterocycles. The van der Waals surface area contributed by atoms with Crippen molar-refractivity contribution in [1.82, 2.24) is 4.98 Å². The number of hydrogen-bond acceptors (Lipinski definition) is 9. The summed E-state index contributed by atoms with van der Waals surface area (Å²) in [7, 11) is -4.41. The Balaban J connectivity index is 1.71. The molecule has 11 nitrogen and oxygen atoms in total. The summed E-state index contributed by atoms with van der Waals surface area (Å²) in [6.45, 7) is 4.47. The predicted molar refractivity (Wildman–Crippen MR) is 142 cm³/mol. The highest BCUT2D eigenvalue weighted by Crippen LogP contribution is 2.47. The van der Waals surface area contributed by atoms with E-state index in [0.29, 0.717) is 18.9 Å². The zero-order valence-electron chi connectivity index (χ0n) is 22.6. The number of fused-ring (bicyclic) bond motifs is 1. The first-order valence-corrected chi connectivity index (χ1v) is 15.1. The molecule has 1 amide bonds. The van der Waals surface area contributed by atoms with Crippen LogP contribution in [0.4, 0.5) is 29.3 Å². The number of anilines is 2. The van der Waals surface area contributed by atoms with Crippen molar-refractivity contribution in [1.29, 1.82) is 0 Å². The number of halogens is 3. The topological polar surface area (TPSA) is 144 Å².